The van der Waals surface area contributed by atoms with Crippen molar-refractivity contribution in [3.8, 4) is 0 Å². The van der Waals surface area contributed by atoms with Crippen LogP contribution >= 0.6 is 0 Å². The van der Waals surface area contributed by atoms with Crippen LogP contribution in [0.4, 0.5) is 0 Å². The van der Waals surface area contributed by atoms with Crippen molar-refractivity contribution >= 4 is 5.78 Å². The highest BCUT2D eigenvalue weighted by Crippen LogP contribution is 2.19. The zero-order valence-electron chi connectivity index (χ0n) is 9.06. The minimum Gasteiger partial charge on any atom is -0.294 e. The third kappa shape index (κ3) is 5.11. The summed E-state index contributed by atoms with van der Waals surface area (Å²) in [5.74, 6) is 0.192. The highest BCUT2D eigenvalue weighted by Gasteiger charge is 2.18. The second-order valence-electron chi connectivity index (χ2n) is 5.31. The predicted octanol–water partition coefficient (Wildman–Crippen LogP) is 3.20. The lowest BCUT2D eigenvalue weighted by molar-refractivity contribution is -0.121. The molecule has 1 nitrogen and oxygen atoms in total. The smallest absolute Gasteiger partial charge is 0.160 e. The van der Waals surface area contributed by atoms with Gasteiger partial charge in [0.15, 0.2) is 5.78 Å². The van der Waals surface area contributed by atoms with E-state index < -0.39 is 0 Å². The van der Waals surface area contributed by atoms with Crippen LogP contribution in [0.5, 0.6) is 0 Å². The summed E-state index contributed by atoms with van der Waals surface area (Å²) in [6.45, 7) is 12.0. The number of carbonyl (C=O) groups is 1. The predicted molar refractivity (Wildman–Crippen MR) is 53.1 cm³/mol. The summed E-state index contributed by atoms with van der Waals surface area (Å²) in [7, 11) is 0. The Labute approximate surface area is 75.9 Å². The molecular weight excluding hydrogens is 148 g/mol. The van der Waals surface area contributed by atoms with Gasteiger partial charge in [-0.1, -0.05) is 47.6 Å². The van der Waals surface area contributed by atoms with Gasteiger partial charge in [-0.05, 0) is 11.5 Å². The maximum atomic E-state index is 11.4. The van der Waals surface area contributed by atoms with Gasteiger partial charge in [-0.2, -0.15) is 0 Å². The Balaban J connectivity index is 4.30. The summed E-state index contributed by atoms with van der Waals surface area (Å²) in [6, 6.07) is 0. The molecule has 0 atom stereocenters. The van der Waals surface area contributed by atoms with Crippen molar-refractivity contribution in [2.24, 2.45) is 10.8 Å². The largest absolute Gasteiger partial charge is 0.294 e. The molecule has 0 aliphatic carbocycles. The number of hydrogen-bond acceptors (Lipinski definition) is 1. The maximum absolute atomic E-state index is 11.4. The molecule has 0 saturated carbocycles. The van der Waals surface area contributed by atoms with E-state index in [-0.39, 0.29) is 16.6 Å². The molecule has 0 heterocycles. The molecule has 0 aromatic heterocycles. The number of rotatable bonds is 1. The number of allylic oxidation sites excluding steroid dienone is 2. The summed E-state index contributed by atoms with van der Waals surface area (Å²) < 4.78 is 0. The molecule has 0 amide bonds. The van der Waals surface area contributed by atoms with Crippen molar-refractivity contribution in [2.75, 3.05) is 0 Å². The third-order valence-corrected chi connectivity index (χ3v) is 1.47. The SMILES string of the molecule is CC(C)(C)C=CC(=O)C(C)(C)C. The maximum Gasteiger partial charge on any atom is 0.160 e. The Morgan fingerprint density at radius 2 is 1.42 bits per heavy atom. The highest BCUT2D eigenvalue weighted by atomic mass is 16.1. The van der Waals surface area contributed by atoms with Crippen LogP contribution in [0.3, 0.4) is 0 Å². The van der Waals surface area contributed by atoms with Crippen LogP contribution in [-0.4, -0.2) is 5.78 Å². The van der Waals surface area contributed by atoms with E-state index in [1.54, 1.807) is 6.08 Å². The molecule has 0 fully saturated rings. The lowest BCUT2D eigenvalue weighted by Gasteiger charge is -2.15. The number of hydrogen-bond donors (Lipinski definition) is 0. The molecule has 0 aliphatic heterocycles. The van der Waals surface area contributed by atoms with E-state index in [0.717, 1.165) is 0 Å². The first-order valence-corrected chi connectivity index (χ1v) is 4.36. The quantitative estimate of drug-likeness (QED) is 0.549. The molecule has 0 bridgehead atoms. The fraction of sp³-hybridized carbons (Fsp3) is 0.727. The minimum absolute atomic E-state index is 0.0981. The molecule has 12 heavy (non-hydrogen) atoms. The number of ketones is 1. The van der Waals surface area contributed by atoms with Crippen LogP contribution in [0.1, 0.15) is 41.5 Å². The van der Waals surface area contributed by atoms with Crippen molar-refractivity contribution in [3.63, 3.8) is 0 Å². The van der Waals surface area contributed by atoms with E-state index in [4.69, 9.17) is 0 Å². The lowest BCUT2D eigenvalue weighted by atomic mass is 9.88. The summed E-state index contributed by atoms with van der Waals surface area (Å²) in [5, 5.41) is 0. The van der Waals surface area contributed by atoms with Crippen molar-refractivity contribution in [3.05, 3.63) is 12.2 Å². The second kappa shape index (κ2) is 3.42. The van der Waals surface area contributed by atoms with Gasteiger partial charge < -0.3 is 0 Å². The molecule has 1 heteroatoms. The molecule has 0 unspecified atom stereocenters. The van der Waals surface area contributed by atoms with Gasteiger partial charge >= 0.3 is 0 Å². The van der Waals surface area contributed by atoms with Crippen molar-refractivity contribution < 1.29 is 4.79 Å². The van der Waals surface area contributed by atoms with Crippen molar-refractivity contribution in [1.29, 1.82) is 0 Å². The zero-order valence-corrected chi connectivity index (χ0v) is 9.06. The minimum atomic E-state index is -0.248. The fourth-order valence-electron chi connectivity index (χ4n) is 0.576. The Kier molecular flexibility index (Phi) is 3.25. The molecule has 0 N–H and O–H groups in total. The molecule has 0 rings (SSSR count). The Morgan fingerprint density at radius 1 is 1.00 bits per heavy atom. The van der Waals surface area contributed by atoms with Gasteiger partial charge in [0, 0.05) is 5.41 Å². The van der Waals surface area contributed by atoms with Crippen LogP contribution < -0.4 is 0 Å². The second-order valence-corrected chi connectivity index (χ2v) is 5.31. The molecule has 0 saturated heterocycles. The summed E-state index contributed by atoms with van der Waals surface area (Å²) >= 11 is 0. The monoisotopic (exact) mass is 168 g/mol. The summed E-state index contributed by atoms with van der Waals surface area (Å²) in [6.07, 6.45) is 3.65. The van der Waals surface area contributed by atoms with Crippen LogP contribution in [0.15, 0.2) is 12.2 Å². The summed E-state index contributed by atoms with van der Waals surface area (Å²) in [5.41, 5.74) is -0.150. The topological polar surface area (TPSA) is 17.1 Å². The molecular formula is C11H20O. The van der Waals surface area contributed by atoms with Crippen LogP contribution in [0.2, 0.25) is 0 Å². The van der Waals surface area contributed by atoms with Gasteiger partial charge in [-0.3, -0.25) is 4.79 Å². The van der Waals surface area contributed by atoms with E-state index in [9.17, 15) is 4.79 Å². The average molecular weight is 168 g/mol. The molecule has 0 aromatic carbocycles. The van der Waals surface area contributed by atoms with Gasteiger partial charge in [0.1, 0.15) is 0 Å². The first-order chi connectivity index (χ1) is 5.13. The van der Waals surface area contributed by atoms with Gasteiger partial charge in [0.25, 0.3) is 0 Å². The average Bonchev–Trinajstić information content (AvgIpc) is 1.78. The van der Waals surface area contributed by atoms with E-state index in [1.165, 1.54) is 0 Å². The number of carbonyl (C=O) groups excluding carboxylic acids is 1. The van der Waals surface area contributed by atoms with Crippen LogP contribution in [0, 0.1) is 10.8 Å². The van der Waals surface area contributed by atoms with Gasteiger partial charge in [0.2, 0.25) is 0 Å². The third-order valence-electron chi connectivity index (χ3n) is 1.47. The first kappa shape index (κ1) is 11.4. The van der Waals surface area contributed by atoms with E-state index in [2.05, 4.69) is 20.8 Å². The van der Waals surface area contributed by atoms with Gasteiger partial charge in [-0.25, -0.2) is 0 Å². The van der Waals surface area contributed by atoms with Gasteiger partial charge in [-0.15, -0.1) is 0 Å². The lowest BCUT2D eigenvalue weighted by Crippen LogP contribution is -2.18. The van der Waals surface area contributed by atoms with Crippen LogP contribution in [0.25, 0.3) is 0 Å². The summed E-state index contributed by atoms with van der Waals surface area (Å²) in [4.78, 5) is 11.4. The van der Waals surface area contributed by atoms with Gasteiger partial charge in [0.05, 0.1) is 0 Å². The Hall–Kier alpha value is -0.590. The molecule has 70 valence electrons. The normalized spacial score (nSPS) is 13.8. The molecule has 0 radical (unpaired) electrons. The van der Waals surface area contributed by atoms with Crippen molar-refractivity contribution in [2.45, 2.75) is 41.5 Å². The molecule has 0 aromatic rings. The van der Waals surface area contributed by atoms with E-state index >= 15 is 0 Å². The molecule has 0 aliphatic rings. The Bertz CT molecular complexity index is 186. The standard InChI is InChI=1S/C11H20O/c1-10(2,3)8-7-9(12)11(4,5)6/h7-8H,1-6H3. The first-order valence-electron chi connectivity index (χ1n) is 4.36. The zero-order chi connectivity index (χ0) is 9.99. The Morgan fingerprint density at radius 3 is 1.67 bits per heavy atom. The van der Waals surface area contributed by atoms with Crippen LogP contribution in [-0.2, 0) is 4.79 Å². The molecule has 0 spiro atoms. The van der Waals surface area contributed by atoms with E-state index in [1.807, 2.05) is 26.8 Å². The fourth-order valence-corrected chi connectivity index (χ4v) is 0.576. The highest BCUT2D eigenvalue weighted by molar-refractivity contribution is 5.93. The van der Waals surface area contributed by atoms with Crippen molar-refractivity contribution in [1.82, 2.24) is 0 Å². The van der Waals surface area contributed by atoms with E-state index in [0.29, 0.717) is 0 Å².